The zero-order valence-corrected chi connectivity index (χ0v) is 15.6. The van der Waals surface area contributed by atoms with Crippen molar-refractivity contribution < 1.29 is 13.2 Å². The van der Waals surface area contributed by atoms with Crippen LogP contribution in [-0.2, 0) is 10.0 Å². The Labute approximate surface area is 148 Å². The van der Waals surface area contributed by atoms with Gasteiger partial charge in [-0.2, -0.15) is 9.29 Å². The minimum atomic E-state index is -3.52. The van der Waals surface area contributed by atoms with Gasteiger partial charge in [-0.15, -0.1) is 0 Å². The fraction of sp³-hybridized carbons (Fsp3) is 0.444. The molecule has 2 heterocycles. The highest BCUT2D eigenvalue weighted by atomic mass is 32.2. The first-order chi connectivity index (χ1) is 11.9. The number of aromatic nitrogens is 2. The standard InChI is InChI=1S/C18H23N3O3S/c1-13-6-7-17(14(2)11-13)25(22,23)21-10-4-5-16(12-21)24-18-8-9-19-15(3)20-18/h6-9,11,16H,4-5,10,12H2,1-3H3. The quantitative estimate of drug-likeness (QED) is 0.837. The molecule has 1 aromatic heterocycles. The average molecular weight is 361 g/mol. The first kappa shape index (κ1) is 17.8. The van der Waals surface area contributed by atoms with E-state index in [2.05, 4.69) is 9.97 Å². The monoisotopic (exact) mass is 361 g/mol. The molecule has 25 heavy (non-hydrogen) atoms. The molecular weight excluding hydrogens is 338 g/mol. The van der Waals surface area contributed by atoms with Crippen LogP contribution >= 0.6 is 0 Å². The minimum absolute atomic E-state index is 0.205. The van der Waals surface area contributed by atoms with Gasteiger partial charge in [0.15, 0.2) is 0 Å². The van der Waals surface area contributed by atoms with Crippen molar-refractivity contribution in [1.82, 2.24) is 14.3 Å². The van der Waals surface area contributed by atoms with Gasteiger partial charge in [0.05, 0.1) is 11.4 Å². The number of hydrogen-bond acceptors (Lipinski definition) is 5. The number of hydrogen-bond donors (Lipinski definition) is 0. The molecule has 134 valence electrons. The summed E-state index contributed by atoms with van der Waals surface area (Å²) >= 11 is 0. The maximum atomic E-state index is 13.0. The fourth-order valence-electron chi connectivity index (χ4n) is 3.12. The van der Waals surface area contributed by atoms with Crippen LogP contribution in [0.25, 0.3) is 0 Å². The molecule has 6 nitrogen and oxygen atoms in total. The van der Waals surface area contributed by atoms with E-state index in [4.69, 9.17) is 4.74 Å². The summed E-state index contributed by atoms with van der Waals surface area (Å²) in [6.07, 6.45) is 3.01. The van der Waals surface area contributed by atoms with Crippen molar-refractivity contribution in [3.8, 4) is 5.88 Å². The van der Waals surface area contributed by atoms with Gasteiger partial charge in [-0.3, -0.25) is 0 Å². The van der Waals surface area contributed by atoms with E-state index in [0.29, 0.717) is 29.7 Å². The van der Waals surface area contributed by atoms with Crippen molar-refractivity contribution >= 4 is 10.0 Å². The van der Waals surface area contributed by atoms with Crippen LogP contribution in [0.5, 0.6) is 5.88 Å². The Morgan fingerprint density at radius 1 is 1.20 bits per heavy atom. The Bertz CT molecular complexity index is 868. The second kappa shape index (κ2) is 7.09. The Hall–Kier alpha value is -1.99. The van der Waals surface area contributed by atoms with E-state index in [-0.39, 0.29) is 6.10 Å². The third-order valence-corrected chi connectivity index (χ3v) is 6.35. The highest BCUT2D eigenvalue weighted by Crippen LogP contribution is 2.25. The van der Waals surface area contributed by atoms with E-state index in [1.165, 1.54) is 4.31 Å². The molecule has 1 atom stereocenters. The third kappa shape index (κ3) is 3.99. The molecule has 1 aliphatic rings. The third-order valence-electron chi connectivity index (χ3n) is 4.33. The molecule has 2 aromatic rings. The molecular formula is C18H23N3O3S. The largest absolute Gasteiger partial charge is 0.473 e. The van der Waals surface area contributed by atoms with Crippen LogP contribution in [0.15, 0.2) is 35.4 Å². The van der Waals surface area contributed by atoms with E-state index >= 15 is 0 Å². The molecule has 0 saturated carbocycles. The van der Waals surface area contributed by atoms with Crippen LogP contribution in [0.3, 0.4) is 0 Å². The van der Waals surface area contributed by atoms with Crippen molar-refractivity contribution in [2.24, 2.45) is 0 Å². The van der Waals surface area contributed by atoms with Crippen LogP contribution in [0, 0.1) is 20.8 Å². The molecule has 0 bridgehead atoms. The lowest BCUT2D eigenvalue weighted by Gasteiger charge is -2.32. The predicted molar refractivity (Wildman–Crippen MR) is 95.1 cm³/mol. The summed E-state index contributed by atoms with van der Waals surface area (Å²) in [5, 5.41) is 0. The van der Waals surface area contributed by atoms with Gasteiger partial charge >= 0.3 is 0 Å². The predicted octanol–water partition coefficient (Wildman–Crippen LogP) is 2.63. The molecule has 7 heteroatoms. The topological polar surface area (TPSA) is 72.4 Å². The number of benzene rings is 1. The van der Waals surface area contributed by atoms with Gasteiger partial charge in [-0.05, 0) is 45.2 Å². The van der Waals surface area contributed by atoms with Gasteiger partial charge in [0, 0.05) is 18.8 Å². The van der Waals surface area contributed by atoms with Gasteiger partial charge in [-0.1, -0.05) is 17.7 Å². The summed E-state index contributed by atoms with van der Waals surface area (Å²) in [5.41, 5.74) is 1.82. The molecule has 0 spiro atoms. The minimum Gasteiger partial charge on any atom is -0.473 e. The van der Waals surface area contributed by atoms with E-state index in [1.54, 1.807) is 25.3 Å². The summed E-state index contributed by atoms with van der Waals surface area (Å²) < 4.78 is 33.4. The molecule has 0 amide bonds. The molecule has 3 rings (SSSR count). The number of rotatable bonds is 4. The van der Waals surface area contributed by atoms with Gasteiger partial charge in [0.2, 0.25) is 15.9 Å². The number of sulfonamides is 1. The second-order valence-corrected chi connectivity index (χ2v) is 8.36. The summed E-state index contributed by atoms with van der Waals surface area (Å²) in [4.78, 5) is 8.65. The Morgan fingerprint density at radius 2 is 2.00 bits per heavy atom. The van der Waals surface area contributed by atoms with Crippen molar-refractivity contribution in [2.45, 2.75) is 44.6 Å². The molecule has 0 radical (unpaired) electrons. The Balaban J connectivity index is 1.78. The van der Waals surface area contributed by atoms with Crippen molar-refractivity contribution in [3.05, 3.63) is 47.4 Å². The highest BCUT2D eigenvalue weighted by Gasteiger charge is 2.32. The number of piperidine rings is 1. The van der Waals surface area contributed by atoms with Gasteiger partial charge < -0.3 is 4.74 Å². The lowest BCUT2D eigenvalue weighted by atomic mass is 10.1. The summed E-state index contributed by atoms with van der Waals surface area (Å²) in [5.74, 6) is 1.12. The lowest BCUT2D eigenvalue weighted by Crippen LogP contribution is -2.44. The van der Waals surface area contributed by atoms with E-state index < -0.39 is 10.0 Å². The van der Waals surface area contributed by atoms with Crippen LogP contribution in [0.1, 0.15) is 29.8 Å². The smallest absolute Gasteiger partial charge is 0.243 e. The zero-order valence-electron chi connectivity index (χ0n) is 14.8. The molecule has 1 fully saturated rings. The summed E-state index contributed by atoms with van der Waals surface area (Å²) in [7, 11) is -3.52. The van der Waals surface area contributed by atoms with Gasteiger partial charge in [0.25, 0.3) is 0 Å². The maximum Gasteiger partial charge on any atom is 0.243 e. The van der Waals surface area contributed by atoms with Crippen LogP contribution in [0.2, 0.25) is 0 Å². The van der Waals surface area contributed by atoms with E-state index in [9.17, 15) is 8.42 Å². The highest BCUT2D eigenvalue weighted by molar-refractivity contribution is 7.89. The molecule has 1 aliphatic heterocycles. The number of ether oxygens (including phenoxy) is 1. The van der Waals surface area contributed by atoms with Gasteiger partial charge in [0.1, 0.15) is 11.9 Å². The van der Waals surface area contributed by atoms with Crippen molar-refractivity contribution in [1.29, 1.82) is 0 Å². The van der Waals surface area contributed by atoms with Crippen molar-refractivity contribution in [2.75, 3.05) is 13.1 Å². The second-order valence-electron chi connectivity index (χ2n) is 6.46. The number of aryl methyl sites for hydroxylation is 3. The lowest BCUT2D eigenvalue weighted by molar-refractivity contribution is 0.124. The summed E-state index contributed by atoms with van der Waals surface area (Å²) in [6.45, 7) is 6.43. The Morgan fingerprint density at radius 3 is 2.72 bits per heavy atom. The molecule has 0 aliphatic carbocycles. The SMILES string of the molecule is Cc1ccc(S(=O)(=O)N2CCCC(Oc3ccnc(C)n3)C2)c(C)c1. The zero-order chi connectivity index (χ0) is 18.0. The Kier molecular flexibility index (Phi) is 5.06. The van der Waals surface area contributed by atoms with E-state index in [1.807, 2.05) is 26.0 Å². The van der Waals surface area contributed by atoms with Gasteiger partial charge in [-0.25, -0.2) is 13.4 Å². The number of nitrogens with zero attached hydrogens (tertiary/aromatic N) is 3. The van der Waals surface area contributed by atoms with Crippen LogP contribution in [-0.4, -0.2) is 41.9 Å². The molecule has 1 aromatic carbocycles. The van der Waals surface area contributed by atoms with Crippen LogP contribution in [0.4, 0.5) is 0 Å². The van der Waals surface area contributed by atoms with Crippen LogP contribution < -0.4 is 4.74 Å². The first-order valence-electron chi connectivity index (χ1n) is 8.40. The van der Waals surface area contributed by atoms with E-state index in [0.717, 1.165) is 24.0 Å². The molecule has 1 unspecified atom stereocenters. The molecule has 1 saturated heterocycles. The fourth-order valence-corrected chi connectivity index (χ4v) is 4.83. The first-order valence-corrected chi connectivity index (χ1v) is 9.84. The van der Waals surface area contributed by atoms with Crippen molar-refractivity contribution in [3.63, 3.8) is 0 Å². The normalized spacial score (nSPS) is 18.9. The average Bonchev–Trinajstić information content (AvgIpc) is 2.55. The molecule has 0 N–H and O–H groups in total. The summed E-state index contributed by atoms with van der Waals surface area (Å²) in [6, 6.07) is 7.12. The maximum absolute atomic E-state index is 13.0.